The third-order valence-electron chi connectivity index (χ3n) is 3.50. The molecule has 3 unspecified atom stereocenters. The predicted molar refractivity (Wildman–Crippen MR) is 64.0 cm³/mol. The maximum atomic E-state index is 12.1. The average molecular weight is 257 g/mol. The minimum atomic E-state index is 0.139. The minimum Gasteiger partial charge on any atom is -0.374 e. The third-order valence-corrected chi connectivity index (χ3v) is 4.73. The standard InChI is InChI=1S/C12H13ClO2S/c13-12-4-2-8(16-12)6-10(14)9-5-7-1-3-11(9)15-7/h2,4,7,9,11H,1,3,5-6H2. The molecule has 3 rings (SSSR count). The Hall–Kier alpha value is -0.380. The number of halogens is 1. The van der Waals surface area contributed by atoms with Gasteiger partial charge in [0.25, 0.3) is 0 Å². The summed E-state index contributed by atoms with van der Waals surface area (Å²) in [7, 11) is 0. The maximum Gasteiger partial charge on any atom is 0.143 e. The Labute approximate surface area is 104 Å². The number of ether oxygens (including phenoxy) is 1. The second-order valence-electron chi connectivity index (χ2n) is 4.56. The van der Waals surface area contributed by atoms with Crippen LogP contribution >= 0.6 is 22.9 Å². The molecule has 3 atom stereocenters. The highest BCUT2D eigenvalue weighted by molar-refractivity contribution is 7.16. The van der Waals surface area contributed by atoms with Crippen LogP contribution in [0.25, 0.3) is 0 Å². The molecule has 2 aliphatic rings. The van der Waals surface area contributed by atoms with Crippen LogP contribution in [0.15, 0.2) is 12.1 Å². The first-order chi connectivity index (χ1) is 7.72. The first kappa shape index (κ1) is 10.8. The number of carbonyl (C=O) groups excluding carboxylic acids is 1. The van der Waals surface area contributed by atoms with E-state index in [0.29, 0.717) is 18.3 Å². The summed E-state index contributed by atoms with van der Waals surface area (Å²) in [5, 5.41) is 0. The lowest BCUT2D eigenvalue weighted by molar-refractivity contribution is -0.123. The fraction of sp³-hybridized carbons (Fsp3) is 0.583. The van der Waals surface area contributed by atoms with Gasteiger partial charge in [0.1, 0.15) is 5.78 Å². The molecular formula is C12H13ClO2S. The highest BCUT2D eigenvalue weighted by Gasteiger charge is 2.43. The fourth-order valence-corrected chi connectivity index (χ4v) is 3.82. The van der Waals surface area contributed by atoms with Gasteiger partial charge in [-0.3, -0.25) is 4.79 Å². The van der Waals surface area contributed by atoms with Crippen molar-refractivity contribution < 1.29 is 9.53 Å². The number of fused-ring (bicyclic) bond motifs is 2. The van der Waals surface area contributed by atoms with Gasteiger partial charge in [-0.25, -0.2) is 0 Å². The van der Waals surface area contributed by atoms with Crippen molar-refractivity contribution in [3.05, 3.63) is 21.3 Å². The lowest BCUT2D eigenvalue weighted by Gasteiger charge is -2.16. The van der Waals surface area contributed by atoms with E-state index in [2.05, 4.69) is 0 Å². The van der Waals surface area contributed by atoms with Crippen molar-refractivity contribution in [2.24, 2.45) is 5.92 Å². The number of rotatable bonds is 3. The molecule has 0 aromatic carbocycles. The second-order valence-corrected chi connectivity index (χ2v) is 6.36. The molecule has 2 nitrogen and oxygen atoms in total. The van der Waals surface area contributed by atoms with E-state index in [1.54, 1.807) is 0 Å². The van der Waals surface area contributed by atoms with Crippen molar-refractivity contribution in [1.82, 2.24) is 0 Å². The minimum absolute atomic E-state index is 0.139. The topological polar surface area (TPSA) is 26.3 Å². The zero-order valence-corrected chi connectivity index (χ0v) is 10.4. The van der Waals surface area contributed by atoms with Gasteiger partial charge in [-0.15, -0.1) is 11.3 Å². The first-order valence-electron chi connectivity index (χ1n) is 5.65. The smallest absolute Gasteiger partial charge is 0.143 e. The lowest BCUT2D eigenvalue weighted by atomic mass is 9.85. The number of Topliss-reactive ketones (excluding diaryl/α,β-unsaturated/α-hetero) is 1. The summed E-state index contributed by atoms with van der Waals surface area (Å²) in [6.45, 7) is 0. The average Bonchev–Trinajstić information content (AvgIpc) is 2.93. The molecule has 2 bridgehead atoms. The fourth-order valence-electron chi connectivity index (χ4n) is 2.73. The highest BCUT2D eigenvalue weighted by atomic mass is 35.5. The van der Waals surface area contributed by atoms with E-state index in [1.165, 1.54) is 11.3 Å². The van der Waals surface area contributed by atoms with Crippen molar-refractivity contribution in [1.29, 1.82) is 0 Å². The molecular weight excluding hydrogens is 244 g/mol. The van der Waals surface area contributed by atoms with Crippen LogP contribution in [0.5, 0.6) is 0 Å². The van der Waals surface area contributed by atoms with E-state index in [1.807, 2.05) is 12.1 Å². The monoisotopic (exact) mass is 256 g/mol. The van der Waals surface area contributed by atoms with Gasteiger partial charge < -0.3 is 4.74 Å². The van der Waals surface area contributed by atoms with Gasteiger partial charge in [0.05, 0.1) is 16.5 Å². The van der Waals surface area contributed by atoms with Crippen molar-refractivity contribution in [3.8, 4) is 0 Å². The molecule has 16 heavy (non-hydrogen) atoms. The Balaban J connectivity index is 1.65. The number of ketones is 1. The summed E-state index contributed by atoms with van der Waals surface area (Å²) in [6.07, 6.45) is 4.21. The Kier molecular flexibility index (Phi) is 2.78. The molecule has 1 aromatic rings. The molecule has 0 amide bonds. The SMILES string of the molecule is O=C(Cc1ccc(Cl)s1)C1CC2CCC1O2. The molecule has 0 aliphatic carbocycles. The van der Waals surface area contributed by atoms with E-state index in [0.717, 1.165) is 28.5 Å². The van der Waals surface area contributed by atoms with Crippen molar-refractivity contribution in [3.63, 3.8) is 0 Å². The first-order valence-corrected chi connectivity index (χ1v) is 6.84. The molecule has 2 fully saturated rings. The molecule has 0 radical (unpaired) electrons. The molecule has 0 saturated carbocycles. The number of hydrogen-bond donors (Lipinski definition) is 0. The van der Waals surface area contributed by atoms with Crippen LogP contribution in [-0.2, 0) is 16.0 Å². The van der Waals surface area contributed by atoms with E-state index < -0.39 is 0 Å². The summed E-state index contributed by atoms with van der Waals surface area (Å²) < 4.78 is 6.46. The van der Waals surface area contributed by atoms with Gasteiger partial charge in [0.15, 0.2) is 0 Å². The van der Waals surface area contributed by atoms with Crippen LogP contribution in [-0.4, -0.2) is 18.0 Å². The van der Waals surface area contributed by atoms with E-state index >= 15 is 0 Å². The van der Waals surface area contributed by atoms with Gasteiger partial charge in [-0.05, 0) is 31.4 Å². The van der Waals surface area contributed by atoms with Crippen molar-refractivity contribution >= 4 is 28.7 Å². The zero-order valence-electron chi connectivity index (χ0n) is 8.82. The summed E-state index contributed by atoms with van der Waals surface area (Å²) in [6, 6.07) is 3.80. The molecule has 86 valence electrons. The van der Waals surface area contributed by atoms with Crippen LogP contribution in [0.1, 0.15) is 24.1 Å². The van der Waals surface area contributed by atoms with Crippen LogP contribution < -0.4 is 0 Å². The number of carbonyl (C=O) groups is 1. The highest BCUT2D eigenvalue weighted by Crippen LogP contribution is 2.39. The summed E-state index contributed by atoms with van der Waals surface area (Å²) in [5.74, 6) is 0.463. The normalized spacial score (nSPS) is 32.2. The number of thiophene rings is 1. The van der Waals surface area contributed by atoms with Gasteiger partial charge >= 0.3 is 0 Å². The number of hydrogen-bond acceptors (Lipinski definition) is 3. The van der Waals surface area contributed by atoms with E-state index in [4.69, 9.17) is 16.3 Å². The van der Waals surface area contributed by atoms with Gasteiger partial charge in [0, 0.05) is 17.2 Å². The molecule has 4 heteroatoms. The van der Waals surface area contributed by atoms with Crippen LogP contribution in [0.2, 0.25) is 4.34 Å². The molecule has 2 aliphatic heterocycles. The Morgan fingerprint density at radius 2 is 2.38 bits per heavy atom. The van der Waals surface area contributed by atoms with Crippen LogP contribution in [0.4, 0.5) is 0 Å². The van der Waals surface area contributed by atoms with Crippen LogP contribution in [0, 0.1) is 5.92 Å². The van der Waals surface area contributed by atoms with Crippen molar-refractivity contribution in [2.45, 2.75) is 37.9 Å². The van der Waals surface area contributed by atoms with Gasteiger partial charge in [-0.1, -0.05) is 11.6 Å². The Morgan fingerprint density at radius 1 is 1.50 bits per heavy atom. The summed E-state index contributed by atoms with van der Waals surface area (Å²) in [5.41, 5.74) is 0. The van der Waals surface area contributed by atoms with Gasteiger partial charge in [-0.2, -0.15) is 0 Å². The largest absolute Gasteiger partial charge is 0.374 e. The second kappa shape index (κ2) is 4.13. The molecule has 0 N–H and O–H groups in total. The zero-order chi connectivity index (χ0) is 11.1. The maximum absolute atomic E-state index is 12.1. The van der Waals surface area contributed by atoms with Crippen LogP contribution in [0.3, 0.4) is 0 Å². The van der Waals surface area contributed by atoms with E-state index in [9.17, 15) is 4.79 Å². The Morgan fingerprint density at radius 3 is 2.94 bits per heavy atom. The third kappa shape index (κ3) is 1.92. The lowest BCUT2D eigenvalue weighted by Crippen LogP contribution is -2.26. The molecule has 2 saturated heterocycles. The molecule has 0 spiro atoms. The quantitative estimate of drug-likeness (QED) is 0.831. The van der Waals surface area contributed by atoms with Crippen molar-refractivity contribution in [2.75, 3.05) is 0 Å². The molecule has 1 aromatic heterocycles. The summed E-state index contributed by atoms with van der Waals surface area (Å²) in [4.78, 5) is 13.2. The predicted octanol–water partition coefficient (Wildman–Crippen LogP) is 3.08. The summed E-state index contributed by atoms with van der Waals surface area (Å²) >= 11 is 7.35. The van der Waals surface area contributed by atoms with E-state index in [-0.39, 0.29) is 12.0 Å². The van der Waals surface area contributed by atoms with Gasteiger partial charge in [0.2, 0.25) is 0 Å². The molecule has 3 heterocycles. The Bertz CT molecular complexity index is 415.